The molecular weight excluding hydrogens is 368 g/mol. The Kier molecular flexibility index (Phi) is 7.46. The van der Waals surface area contributed by atoms with Crippen LogP contribution >= 0.6 is 0 Å². The van der Waals surface area contributed by atoms with E-state index in [4.69, 9.17) is 14.2 Å². The third-order valence-corrected chi connectivity index (χ3v) is 3.73. The Hall–Kier alpha value is -3.46. The topological polar surface area (TPSA) is 117 Å². The smallest absolute Gasteiger partial charge is 0.413 e. The van der Waals surface area contributed by atoms with Gasteiger partial charge in [0.1, 0.15) is 11.8 Å². The van der Waals surface area contributed by atoms with Gasteiger partial charge < -0.3 is 19.5 Å². The van der Waals surface area contributed by atoms with Crippen molar-refractivity contribution >= 4 is 17.7 Å². The van der Waals surface area contributed by atoms with E-state index in [2.05, 4.69) is 5.32 Å². The fourth-order valence-corrected chi connectivity index (χ4v) is 2.25. The molecule has 0 aromatic heterocycles. The SMILES string of the molecule is CO[C@H](C)OC(=O)[C@H](Cc1ccccc1)NC(=O)Oc1ccc([N+](=O)[O-])cc1. The molecule has 0 radical (unpaired) electrons. The van der Waals surface area contributed by atoms with Gasteiger partial charge in [-0.25, -0.2) is 9.59 Å². The Morgan fingerprint density at radius 1 is 1.11 bits per heavy atom. The number of esters is 1. The van der Waals surface area contributed by atoms with Gasteiger partial charge in [0, 0.05) is 25.7 Å². The summed E-state index contributed by atoms with van der Waals surface area (Å²) in [5, 5.41) is 13.1. The van der Waals surface area contributed by atoms with Crippen LogP contribution in [0.25, 0.3) is 0 Å². The van der Waals surface area contributed by atoms with Crippen molar-refractivity contribution in [2.75, 3.05) is 7.11 Å². The molecule has 0 saturated heterocycles. The highest BCUT2D eigenvalue weighted by Crippen LogP contribution is 2.17. The minimum absolute atomic E-state index is 0.0974. The largest absolute Gasteiger partial charge is 0.435 e. The molecule has 148 valence electrons. The summed E-state index contributed by atoms with van der Waals surface area (Å²) in [5.74, 6) is -0.584. The predicted molar refractivity (Wildman–Crippen MR) is 98.8 cm³/mol. The van der Waals surface area contributed by atoms with Gasteiger partial charge in [-0.05, 0) is 24.6 Å². The fourth-order valence-electron chi connectivity index (χ4n) is 2.25. The standard InChI is InChI=1S/C19H20N2O7/c1-13(26-2)27-18(22)17(12-14-6-4-3-5-7-14)20-19(23)28-16-10-8-15(9-11-16)21(24)25/h3-11,13,17H,12H2,1-2H3,(H,20,23)/t13-,17-/m0/s1. The number of carbonyl (C=O) groups excluding carboxylic acids is 2. The summed E-state index contributed by atoms with van der Waals surface area (Å²) >= 11 is 0. The first-order valence-corrected chi connectivity index (χ1v) is 8.39. The van der Waals surface area contributed by atoms with E-state index in [-0.39, 0.29) is 17.9 Å². The van der Waals surface area contributed by atoms with Crippen molar-refractivity contribution in [3.05, 3.63) is 70.3 Å². The summed E-state index contributed by atoms with van der Waals surface area (Å²) in [6, 6.07) is 13.1. The summed E-state index contributed by atoms with van der Waals surface area (Å²) in [7, 11) is 1.39. The quantitative estimate of drug-likeness (QED) is 0.320. The molecule has 2 aromatic rings. The molecule has 9 nitrogen and oxygen atoms in total. The second-order valence-electron chi connectivity index (χ2n) is 5.77. The molecule has 2 rings (SSSR count). The molecule has 1 N–H and O–H groups in total. The number of nitro groups is 1. The van der Waals surface area contributed by atoms with E-state index in [1.165, 1.54) is 31.4 Å². The van der Waals surface area contributed by atoms with Gasteiger partial charge in [0.05, 0.1) is 4.92 Å². The number of methoxy groups -OCH3 is 1. The molecule has 1 amide bonds. The van der Waals surface area contributed by atoms with Crippen LogP contribution in [0, 0.1) is 10.1 Å². The van der Waals surface area contributed by atoms with Gasteiger partial charge in [-0.3, -0.25) is 10.1 Å². The Labute approximate surface area is 161 Å². The van der Waals surface area contributed by atoms with E-state index in [1.807, 2.05) is 30.3 Å². The first-order valence-electron chi connectivity index (χ1n) is 8.39. The zero-order valence-electron chi connectivity index (χ0n) is 15.4. The van der Waals surface area contributed by atoms with E-state index in [0.29, 0.717) is 0 Å². The second-order valence-corrected chi connectivity index (χ2v) is 5.77. The van der Waals surface area contributed by atoms with E-state index in [1.54, 1.807) is 6.92 Å². The number of hydrogen-bond acceptors (Lipinski definition) is 7. The molecule has 0 unspecified atom stereocenters. The van der Waals surface area contributed by atoms with Crippen LogP contribution in [0.4, 0.5) is 10.5 Å². The normalized spacial score (nSPS) is 12.5. The number of rotatable bonds is 8. The molecule has 0 aliphatic carbocycles. The van der Waals surface area contributed by atoms with Crippen molar-refractivity contribution in [1.29, 1.82) is 0 Å². The number of carbonyl (C=O) groups is 2. The molecule has 0 aliphatic heterocycles. The third-order valence-electron chi connectivity index (χ3n) is 3.73. The molecule has 0 bridgehead atoms. The van der Waals surface area contributed by atoms with E-state index in [9.17, 15) is 19.7 Å². The molecule has 28 heavy (non-hydrogen) atoms. The molecule has 0 fully saturated rings. The predicted octanol–water partition coefficient (Wildman–Crippen LogP) is 2.83. The zero-order chi connectivity index (χ0) is 20.5. The molecule has 9 heteroatoms. The molecule has 2 atom stereocenters. The lowest BCUT2D eigenvalue weighted by Crippen LogP contribution is -2.45. The maximum atomic E-state index is 12.4. The van der Waals surface area contributed by atoms with Crippen molar-refractivity contribution in [1.82, 2.24) is 5.32 Å². The number of hydrogen-bond donors (Lipinski definition) is 1. The van der Waals surface area contributed by atoms with Crippen LogP contribution in [-0.4, -0.2) is 36.4 Å². The number of nitrogens with zero attached hydrogens (tertiary/aromatic N) is 1. The van der Waals surface area contributed by atoms with Crippen LogP contribution in [0.5, 0.6) is 5.75 Å². The summed E-state index contributed by atoms with van der Waals surface area (Å²) in [6.45, 7) is 1.55. The second kappa shape index (κ2) is 10.0. The van der Waals surface area contributed by atoms with Crippen molar-refractivity contribution in [2.24, 2.45) is 0 Å². The average Bonchev–Trinajstić information content (AvgIpc) is 2.68. The van der Waals surface area contributed by atoms with Crippen LogP contribution in [0.1, 0.15) is 12.5 Å². The lowest BCUT2D eigenvalue weighted by atomic mass is 10.1. The van der Waals surface area contributed by atoms with Crippen molar-refractivity contribution in [2.45, 2.75) is 25.7 Å². The summed E-state index contributed by atoms with van der Waals surface area (Å²) < 4.78 is 15.1. The lowest BCUT2D eigenvalue weighted by molar-refractivity contribution is -0.384. The maximum absolute atomic E-state index is 12.4. The Bertz CT molecular complexity index is 809. The van der Waals surface area contributed by atoms with Crippen LogP contribution in [0.3, 0.4) is 0 Å². The van der Waals surface area contributed by atoms with Gasteiger partial charge >= 0.3 is 12.1 Å². The molecule has 0 spiro atoms. The Balaban J connectivity index is 2.05. The average molecular weight is 388 g/mol. The monoisotopic (exact) mass is 388 g/mol. The zero-order valence-corrected chi connectivity index (χ0v) is 15.4. The Morgan fingerprint density at radius 2 is 1.75 bits per heavy atom. The highest BCUT2D eigenvalue weighted by atomic mass is 16.7. The summed E-state index contributed by atoms with van der Waals surface area (Å²) in [4.78, 5) is 34.7. The summed E-state index contributed by atoms with van der Waals surface area (Å²) in [6.07, 6.45) is -1.49. The highest BCUT2D eigenvalue weighted by molar-refractivity contribution is 5.82. The van der Waals surface area contributed by atoms with Gasteiger partial charge in [-0.2, -0.15) is 0 Å². The maximum Gasteiger partial charge on any atom is 0.413 e. The van der Waals surface area contributed by atoms with Crippen LogP contribution in [0.15, 0.2) is 54.6 Å². The minimum Gasteiger partial charge on any atom is -0.435 e. The van der Waals surface area contributed by atoms with Crippen molar-refractivity contribution in [3.8, 4) is 5.75 Å². The van der Waals surface area contributed by atoms with Crippen molar-refractivity contribution in [3.63, 3.8) is 0 Å². The van der Waals surface area contributed by atoms with E-state index >= 15 is 0 Å². The lowest BCUT2D eigenvalue weighted by Gasteiger charge is -2.19. The number of non-ortho nitro benzene ring substituents is 1. The number of amides is 1. The number of nitro benzene ring substituents is 1. The van der Waals surface area contributed by atoms with Crippen molar-refractivity contribution < 1.29 is 28.7 Å². The van der Waals surface area contributed by atoms with E-state index < -0.39 is 29.3 Å². The summed E-state index contributed by atoms with van der Waals surface area (Å²) in [5.41, 5.74) is 0.678. The first kappa shape index (κ1) is 20.8. The third kappa shape index (κ3) is 6.36. The van der Waals surface area contributed by atoms with Gasteiger partial charge in [0.25, 0.3) is 5.69 Å². The minimum atomic E-state index is -1.01. The number of ether oxygens (including phenoxy) is 3. The van der Waals surface area contributed by atoms with Crippen LogP contribution in [0.2, 0.25) is 0 Å². The molecule has 2 aromatic carbocycles. The molecule has 0 aliphatic rings. The van der Waals surface area contributed by atoms with Crippen LogP contribution in [-0.2, 0) is 20.7 Å². The van der Waals surface area contributed by atoms with E-state index in [0.717, 1.165) is 5.56 Å². The van der Waals surface area contributed by atoms with Gasteiger partial charge in [0.2, 0.25) is 0 Å². The highest BCUT2D eigenvalue weighted by Gasteiger charge is 2.25. The molecule has 0 saturated carbocycles. The van der Waals surface area contributed by atoms with Gasteiger partial charge in [0.15, 0.2) is 6.29 Å². The molecular formula is C19H20N2O7. The molecule has 0 heterocycles. The number of nitrogens with one attached hydrogen (secondary N) is 1. The fraction of sp³-hybridized carbons (Fsp3) is 0.263. The van der Waals surface area contributed by atoms with Gasteiger partial charge in [-0.1, -0.05) is 30.3 Å². The number of benzene rings is 2. The Morgan fingerprint density at radius 3 is 2.32 bits per heavy atom. The van der Waals surface area contributed by atoms with Gasteiger partial charge in [-0.15, -0.1) is 0 Å². The van der Waals surface area contributed by atoms with Crippen LogP contribution < -0.4 is 10.1 Å². The first-order chi connectivity index (χ1) is 13.4.